The summed E-state index contributed by atoms with van der Waals surface area (Å²) < 4.78 is 40.1. The van der Waals surface area contributed by atoms with Crippen LogP contribution in [0.4, 0.5) is 30.2 Å². The summed E-state index contributed by atoms with van der Waals surface area (Å²) in [5.74, 6) is -0.498. The Bertz CT molecular complexity index is 879. The SMILES string of the molecule is O=C(Nc1cc(C(F)(F)F)cc2c1Nc1ccccc1S2)[C@H]1CCCNC1. The number of benzene rings is 2. The lowest BCUT2D eigenvalue weighted by atomic mass is 9.98. The Balaban J connectivity index is 1.70. The second-order valence-corrected chi connectivity index (χ2v) is 7.73. The highest BCUT2D eigenvalue weighted by molar-refractivity contribution is 7.99. The molecule has 27 heavy (non-hydrogen) atoms. The van der Waals surface area contributed by atoms with E-state index in [9.17, 15) is 18.0 Å². The average molecular weight is 393 g/mol. The molecule has 0 aliphatic carbocycles. The first-order valence-corrected chi connectivity index (χ1v) is 9.54. The fraction of sp³-hybridized carbons (Fsp3) is 0.316. The summed E-state index contributed by atoms with van der Waals surface area (Å²) in [5.41, 5.74) is 0.706. The molecule has 8 heteroatoms. The Hall–Kier alpha value is -2.19. The van der Waals surface area contributed by atoms with Gasteiger partial charge in [0.15, 0.2) is 0 Å². The topological polar surface area (TPSA) is 53.2 Å². The quantitative estimate of drug-likeness (QED) is 0.583. The van der Waals surface area contributed by atoms with E-state index < -0.39 is 11.7 Å². The van der Waals surface area contributed by atoms with Crippen LogP contribution in [0.1, 0.15) is 18.4 Å². The molecule has 4 rings (SSSR count). The third-order valence-electron chi connectivity index (χ3n) is 4.72. The zero-order valence-corrected chi connectivity index (χ0v) is 15.1. The van der Waals surface area contributed by atoms with Gasteiger partial charge in [0, 0.05) is 16.3 Å². The van der Waals surface area contributed by atoms with Crippen LogP contribution in [0.25, 0.3) is 0 Å². The van der Waals surface area contributed by atoms with Crippen LogP contribution in [0.3, 0.4) is 0 Å². The van der Waals surface area contributed by atoms with Gasteiger partial charge in [0.2, 0.25) is 5.91 Å². The van der Waals surface area contributed by atoms with Crippen LogP contribution in [0.15, 0.2) is 46.2 Å². The summed E-state index contributed by atoms with van der Waals surface area (Å²) >= 11 is 1.26. The van der Waals surface area contributed by atoms with Crippen molar-refractivity contribution >= 4 is 34.7 Å². The summed E-state index contributed by atoms with van der Waals surface area (Å²) in [4.78, 5) is 13.9. The van der Waals surface area contributed by atoms with Gasteiger partial charge in [0.25, 0.3) is 0 Å². The van der Waals surface area contributed by atoms with Crippen molar-refractivity contribution in [1.29, 1.82) is 0 Å². The second-order valence-electron chi connectivity index (χ2n) is 6.65. The van der Waals surface area contributed by atoms with Crippen LogP contribution >= 0.6 is 11.8 Å². The zero-order chi connectivity index (χ0) is 19.0. The van der Waals surface area contributed by atoms with Gasteiger partial charge in [0.05, 0.1) is 28.5 Å². The predicted molar refractivity (Wildman–Crippen MR) is 99.5 cm³/mol. The fourth-order valence-corrected chi connectivity index (χ4v) is 4.37. The number of piperidine rings is 1. The normalized spacial score (nSPS) is 18.9. The van der Waals surface area contributed by atoms with E-state index in [1.54, 1.807) is 0 Å². The van der Waals surface area contributed by atoms with Gasteiger partial charge in [0.1, 0.15) is 0 Å². The second kappa shape index (κ2) is 7.09. The minimum atomic E-state index is -4.49. The number of hydrogen-bond acceptors (Lipinski definition) is 4. The fourth-order valence-electron chi connectivity index (χ4n) is 3.31. The van der Waals surface area contributed by atoms with Gasteiger partial charge in [-0.3, -0.25) is 4.79 Å². The molecule has 2 aliphatic heterocycles. The molecule has 1 atom stereocenters. The van der Waals surface area contributed by atoms with Crippen LogP contribution in [0, 0.1) is 5.92 Å². The molecule has 0 bridgehead atoms. The summed E-state index contributed by atoms with van der Waals surface area (Å²) in [5, 5.41) is 9.06. The molecule has 1 saturated heterocycles. The number of para-hydroxylation sites is 1. The standard InChI is InChI=1S/C19H18F3N3OS/c20-19(21,22)12-8-14(25-18(26)11-4-3-7-23-10-11)17-16(9-12)27-15-6-2-1-5-13(15)24-17/h1-2,5-6,8-9,11,23-24H,3-4,7,10H2,(H,25,26)/t11-/m0/s1. The van der Waals surface area contributed by atoms with Crippen LogP contribution in [0.2, 0.25) is 0 Å². The van der Waals surface area contributed by atoms with E-state index in [4.69, 9.17) is 0 Å². The first kappa shape index (κ1) is 18.2. The highest BCUT2D eigenvalue weighted by atomic mass is 32.2. The molecule has 0 spiro atoms. The number of alkyl halides is 3. The monoisotopic (exact) mass is 393 g/mol. The first-order valence-electron chi connectivity index (χ1n) is 8.72. The van der Waals surface area contributed by atoms with Crippen molar-refractivity contribution in [1.82, 2.24) is 5.32 Å². The maximum atomic E-state index is 13.4. The maximum absolute atomic E-state index is 13.4. The highest BCUT2D eigenvalue weighted by Gasteiger charge is 2.34. The maximum Gasteiger partial charge on any atom is 0.416 e. The molecule has 0 saturated carbocycles. The van der Waals surface area contributed by atoms with Gasteiger partial charge in [-0.25, -0.2) is 0 Å². The van der Waals surface area contributed by atoms with Gasteiger partial charge in [-0.1, -0.05) is 23.9 Å². The molecule has 1 fully saturated rings. The number of halogens is 3. The lowest BCUT2D eigenvalue weighted by Gasteiger charge is -2.27. The van der Waals surface area contributed by atoms with Gasteiger partial charge < -0.3 is 16.0 Å². The molecule has 0 unspecified atom stereocenters. The van der Waals surface area contributed by atoms with E-state index in [2.05, 4.69) is 16.0 Å². The van der Waals surface area contributed by atoms with E-state index in [1.165, 1.54) is 11.8 Å². The molecule has 1 amide bonds. The Labute approximate surface area is 158 Å². The van der Waals surface area contributed by atoms with E-state index >= 15 is 0 Å². The van der Waals surface area contributed by atoms with Crippen molar-refractivity contribution in [3.63, 3.8) is 0 Å². The highest BCUT2D eigenvalue weighted by Crippen LogP contribution is 2.49. The number of carbonyl (C=O) groups is 1. The molecule has 2 aromatic carbocycles. The molecular weight excluding hydrogens is 375 g/mol. The Kier molecular flexibility index (Phi) is 4.77. The van der Waals surface area contributed by atoms with Crippen LogP contribution in [0.5, 0.6) is 0 Å². The molecular formula is C19H18F3N3OS. The lowest BCUT2D eigenvalue weighted by molar-refractivity contribution is -0.137. The van der Waals surface area contributed by atoms with Gasteiger partial charge >= 0.3 is 6.18 Å². The molecule has 0 aromatic heterocycles. The van der Waals surface area contributed by atoms with E-state index in [0.29, 0.717) is 17.1 Å². The van der Waals surface area contributed by atoms with Crippen LogP contribution in [-0.4, -0.2) is 19.0 Å². The third-order valence-corrected chi connectivity index (χ3v) is 5.84. The molecule has 4 nitrogen and oxygen atoms in total. The third kappa shape index (κ3) is 3.77. The van der Waals surface area contributed by atoms with Crippen molar-refractivity contribution in [3.8, 4) is 0 Å². The van der Waals surface area contributed by atoms with Crippen LogP contribution in [-0.2, 0) is 11.0 Å². The summed E-state index contributed by atoms with van der Waals surface area (Å²) in [6.45, 7) is 1.40. The summed E-state index contributed by atoms with van der Waals surface area (Å²) in [6.07, 6.45) is -2.89. The number of fused-ring (bicyclic) bond motifs is 2. The number of carbonyl (C=O) groups excluding carboxylic acids is 1. The van der Waals surface area contributed by atoms with Crippen molar-refractivity contribution in [2.45, 2.75) is 28.8 Å². The van der Waals surface area contributed by atoms with Crippen molar-refractivity contribution < 1.29 is 18.0 Å². The average Bonchev–Trinajstić information content (AvgIpc) is 2.66. The van der Waals surface area contributed by atoms with E-state index in [1.807, 2.05) is 24.3 Å². The predicted octanol–water partition coefficient (Wildman–Crippen LogP) is 4.85. The number of anilines is 3. The van der Waals surface area contributed by atoms with Crippen molar-refractivity contribution in [3.05, 3.63) is 42.0 Å². The van der Waals surface area contributed by atoms with Gasteiger partial charge in [-0.05, 0) is 43.7 Å². The van der Waals surface area contributed by atoms with E-state index in [-0.39, 0.29) is 17.5 Å². The molecule has 2 aliphatic rings. The Morgan fingerprint density at radius 2 is 2.00 bits per heavy atom. The molecule has 0 radical (unpaired) electrons. The molecule has 3 N–H and O–H groups in total. The van der Waals surface area contributed by atoms with Gasteiger partial charge in [-0.15, -0.1) is 0 Å². The van der Waals surface area contributed by atoms with Crippen LogP contribution < -0.4 is 16.0 Å². The minimum Gasteiger partial charge on any atom is -0.352 e. The summed E-state index contributed by atoms with van der Waals surface area (Å²) in [6, 6.07) is 9.54. The number of rotatable bonds is 2. The van der Waals surface area contributed by atoms with E-state index in [0.717, 1.165) is 42.1 Å². The largest absolute Gasteiger partial charge is 0.416 e. The smallest absolute Gasteiger partial charge is 0.352 e. The number of hydrogen-bond donors (Lipinski definition) is 3. The first-order chi connectivity index (χ1) is 12.9. The molecule has 142 valence electrons. The zero-order valence-electron chi connectivity index (χ0n) is 14.3. The molecule has 2 aromatic rings. The lowest BCUT2D eigenvalue weighted by Crippen LogP contribution is -2.37. The Morgan fingerprint density at radius 1 is 1.19 bits per heavy atom. The number of nitrogens with one attached hydrogen (secondary N) is 3. The Morgan fingerprint density at radius 3 is 2.74 bits per heavy atom. The van der Waals surface area contributed by atoms with Gasteiger partial charge in [-0.2, -0.15) is 13.2 Å². The summed E-state index contributed by atoms with van der Waals surface area (Å²) in [7, 11) is 0. The van der Waals surface area contributed by atoms with Crippen molar-refractivity contribution in [2.24, 2.45) is 5.92 Å². The number of amides is 1. The minimum absolute atomic E-state index is 0.164. The molecule has 2 heterocycles. The van der Waals surface area contributed by atoms with Crippen molar-refractivity contribution in [2.75, 3.05) is 23.7 Å².